The van der Waals surface area contributed by atoms with Crippen LogP contribution in [0.2, 0.25) is 0 Å². The second-order valence-electron chi connectivity index (χ2n) is 7.55. The summed E-state index contributed by atoms with van der Waals surface area (Å²) in [5, 5.41) is 10.3. The molecule has 0 radical (unpaired) electrons. The highest BCUT2D eigenvalue weighted by Crippen LogP contribution is 2.30. The zero-order chi connectivity index (χ0) is 25.4. The summed E-state index contributed by atoms with van der Waals surface area (Å²) in [4.78, 5) is 26.1. The number of amides is 1. The van der Waals surface area contributed by atoms with Gasteiger partial charge in [0.15, 0.2) is 28.8 Å². The number of methoxy groups -OCH3 is 1. The van der Waals surface area contributed by atoms with Crippen LogP contribution >= 0.6 is 0 Å². The minimum atomic E-state index is -1.78. The van der Waals surface area contributed by atoms with Crippen molar-refractivity contribution in [3.63, 3.8) is 0 Å². The number of benzene rings is 2. The third kappa shape index (κ3) is 4.11. The van der Waals surface area contributed by atoms with Gasteiger partial charge in [-0.3, -0.25) is 9.59 Å². The minimum Gasteiger partial charge on any atom is -0.497 e. The number of aromatic nitrogens is 3. The van der Waals surface area contributed by atoms with Gasteiger partial charge in [-0.05, 0) is 37.6 Å². The third-order valence-corrected chi connectivity index (χ3v) is 5.43. The lowest BCUT2D eigenvalue weighted by Crippen LogP contribution is -2.35. The number of nitrogens with one attached hydrogen (secondary N) is 1. The van der Waals surface area contributed by atoms with E-state index in [1.165, 1.54) is 14.0 Å². The fourth-order valence-corrected chi connectivity index (χ4v) is 3.63. The average Bonchev–Trinajstić information content (AvgIpc) is 3.24. The van der Waals surface area contributed by atoms with Crippen LogP contribution < -0.4 is 15.6 Å². The SMILES string of the molecule is CCC(C(=O)Nc1c(F)c(F)cc(F)c1F)n1nc(-c2ccc(OC)cc2)c2c(C)onc2c1=O. The zero-order valence-electron chi connectivity index (χ0n) is 18.7. The molecule has 0 bridgehead atoms. The molecule has 182 valence electrons. The topological polar surface area (TPSA) is 99.2 Å². The molecular formula is C23H18F4N4O4. The molecule has 2 heterocycles. The van der Waals surface area contributed by atoms with Crippen molar-refractivity contribution in [2.45, 2.75) is 26.3 Å². The van der Waals surface area contributed by atoms with Gasteiger partial charge in [0.2, 0.25) is 5.91 Å². The van der Waals surface area contributed by atoms with Crippen LogP contribution in [0.5, 0.6) is 5.75 Å². The van der Waals surface area contributed by atoms with Gasteiger partial charge in [0, 0.05) is 11.6 Å². The summed E-state index contributed by atoms with van der Waals surface area (Å²) in [6.45, 7) is 3.10. The van der Waals surface area contributed by atoms with Gasteiger partial charge in [0.25, 0.3) is 5.56 Å². The zero-order valence-corrected chi connectivity index (χ0v) is 18.7. The second-order valence-corrected chi connectivity index (χ2v) is 7.55. The van der Waals surface area contributed by atoms with Gasteiger partial charge in [-0.25, -0.2) is 22.2 Å². The normalized spacial score (nSPS) is 12.1. The number of fused-ring (bicyclic) bond motifs is 1. The first kappa shape index (κ1) is 23.9. The van der Waals surface area contributed by atoms with Crippen LogP contribution in [0.25, 0.3) is 22.2 Å². The monoisotopic (exact) mass is 490 g/mol. The lowest BCUT2D eigenvalue weighted by molar-refractivity contribution is -0.119. The summed E-state index contributed by atoms with van der Waals surface area (Å²) >= 11 is 0. The summed E-state index contributed by atoms with van der Waals surface area (Å²) in [7, 11) is 1.50. The van der Waals surface area contributed by atoms with E-state index in [9.17, 15) is 27.2 Å². The van der Waals surface area contributed by atoms with Crippen molar-refractivity contribution in [3.05, 3.63) is 69.7 Å². The van der Waals surface area contributed by atoms with Crippen molar-refractivity contribution in [2.24, 2.45) is 0 Å². The molecule has 1 unspecified atom stereocenters. The van der Waals surface area contributed by atoms with E-state index in [-0.39, 0.29) is 23.7 Å². The molecular weight excluding hydrogens is 472 g/mol. The molecule has 4 rings (SSSR count). The number of halogens is 4. The van der Waals surface area contributed by atoms with E-state index >= 15 is 0 Å². The van der Waals surface area contributed by atoms with Crippen LogP contribution in [0.1, 0.15) is 25.1 Å². The van der Waals surface area contributed by atoms with E-state index in [4.69, 9.17) is 9.26 Å². The maximum absolute atomic E-state index is 14.1. The molecule has 0 saturated carbocycles. The Kier molecular flexibility index (Phi) is 6.29. The van der Waals surface area contributed by atoms with Gasteiger partial charge < -0.3 is 14.6 Å². The Morgan fingerprint density at radius 2 is 1.77 bits per heavy atom. The molecule has 0 aliphatic rings. The van der Waals surface area contributed by atoms with Gasteiger partial charge in [-0.2, -0.15) is 5.10 Å². The molecule has 0 spiro atoms. The Hall–Kier alpha value is -4.22. The maximum Gasteiger partial charge on any atom is 0.297 e. The molecule has 35 heavy (non-hydrogen) atoms. The summed E-state index contributed by atoms with van der Waals surface area (Å²) in [6, 6.07) is 5.27. The fraction of sp³-hybridized carbons (Fsp3) is 0.217. The van der Waals surface area contributed by atoms with E-state index in [0.717, 1.165) is 4.68 Å². The van der Waals surface area contributed by atoms with Gasteiger partial charge in [-0.15, -0.1) is 0 Å². The Balaban J connectivity index is 1.84. The number of anilines is 1. The van der Waals surface area contributed by atoms with Crippen LogP contribution in [0.15, 0.2) is 39.6 Å². The number of aryl methyl sites for hydroxylation is 1. The number of rotatable bonds is 6. The molecule has 12 heteroatoms. The Bertz CT molecular complexity index is 1470. The highest BCUT2D eigenvalue weighted by atomic mass is 19.2. The van der Waals surface area contributed by atoms with Crippen LogP contribution in [-0.4, -0.2) is 28.0 Å². The quantitative estimate of drug-likeness (QED) is 0.315. The molecule has 0 fully saturated rings. The number of carbonyl (C=O) groups excluding carboxylic acids is 1. The smallest absolute Gasteiger partial charge is 0.297 e. The van der Waals surface area contributed by atoms with E-state index in [2.05, 4.69) is 10.3 Å². The Labute approximate surface area is 195 Å². The first-order valence-electron chi connectivity index (χ1n) is 10.3. The van der Waals surface area contributed by atoms with Gasteiger partial charge in [0.1, 0.15) is 28.9 Å². The standard InChI is InChI=1S/C23H18F4N4O4/c1-4-15(22(32)28-21-17(26)13(24)9-14(25)18(21)27)31-23(33)20-16(10(2)35-30-20)19(29-31)11-5-7-12(34-3)8-6-11/h5-9,15H,4H2,1-3H3,(H,28,32). The average molecular weight is 490 g/mol. The molecule has 1 N–H and O–H groups in total. The fourth-order valence-electron chi connectivity index (χ4n) is 3.63. The molecule has 1 atom stereocenters. The van der Waals surface area contributed by atoms with E-state index in [1.807, 2.05) is 5.32 Å². The number of hydrogen-bond donors (Lipinski definition) is 1. The van der Waals surface area contributed by atoms with E-state index in [0.29, 0.717) is 22.5 Å². The molecule has 2 aromatic carbocycles. The molecule has 8 nitrogen and oxygen atoms in total. The lowest BCUT2D eigenvalue weighted by atomic mass is 10.1. The van der Waals surface area contributed by atoms with Crippen molar-refractivity contribution in [2.75, 3.05) is 12.4 Å². The minimum absolute atomic E-state index is 0.0195. The van der Waals surface area contributed by atoms with Gasteiger partial charge in [-0.1, -0.05) is 12.1 Å². The van der Waals surface area contributed by atoms with Crippen LogP contribution in [0.4, 0.5) is 23.2 Å². The maximum atomic E-state index is 14.1. The predicted octanol–water partition coefficient (Wildman–Crippen LogP) is 4.51. The first-order chi connectivity index (χ1) is 16.7. The van der Waals surface area contributed by atoms with Crippen LogP contribution in [0, 0.1) is 30.2 Å². The highest BCUT2D eigenvalue weighted by molar-refractivity contribution is 5.95. The number of carbonyl (C=O) groups is 1. The molecule has 4 aromatic rings. The predicted molar refractivity (Wildman–Crippen MR) is 117 cm³/mol. The number of nitrogens with zero attached hydrogens (tertiary/aromatic N) is 3. The van der Waals surface area contributed by atoms with Crippen molar-refractivity contribution in [1.82, 2.24) is 14.9 Å². The van der Waals surface area contributed by atoms with Crippen molar-refractivity contribution in [1.29, 1.82) is 0 Å². The number of ether oxygens (including phenoxy) is 1. The third-order valence-electron chi connectivity index (χ3n) is 5.43. The van der Waals surface area contributed by atoms with Crippen molar-refractivity contribution < 1.29 is 31.6 Å². The van der Waals surface area contributed by atoms with Gasteiger partial charge in [0.05, 0.1) is 12.5 Å². The summed E-state index contributed by atoms with van der Waals surface area (Å²) in [5.41, 5.74) is -1.45. The van der Waals surface area contributed by atoms with Gasteiger partial charge >= 0.3 is 0 Å². The largest absolute Gasteiger partial charge is 0.497 e. The van der Waals surface area contributed by atoms with E-state index in [1.54, 1.807) is 31.2 Å². The Morgan fingerprint density at radius 1 is 1.14 bits per heavy atom. The summed E-state index contributed by atoms with van der Waals surface area (Å²) < 4.78 is 66.5. The first-order valence-corrected chi connectivity index (χ1v) is 10.3. The van der Waals surface area contributed by atoms with Crippen LogP contribution in [0.3, 0.4) is 0 Å². The molecule has 0 saturated heterocycles. The summed E-state index contributed by atoms with van der Waals surface area (Å²) in [5.74, 6) is -7.20. The molecule has 1 amide bonds. The molecule has 0 aliphatic heterocycles. The van der Waals surface area contributed by atoms with Crippen molar-refractivity contribution >= 4 is 22.5 Å². The molecule has 2 aromatic heterocycles. The van der Waals surface area contributed by atoms with Crippen LogP contribution in [-0.2, 0) is 4.79 Å². The van der Waals surface area contributed by atoms with E-state index < -0.39 is 46.5 Å². The highest BCUT2D eigenvalue weighted by Gasteiger charge is 2.29. The molecule has 0 aliphatic carbocycles. The van der Waals surface area contributed by atoms with Crippen molar-refractivity contribution in [3.8, 4) is 17.0 Å². The Morgan fingerprint density at radius 3 is 2.34 bits per heavy atom. The number of hydrogen-bond acceptors (Lipinski definition) is 6. The summed E-state index contributed by atoms with van der Waals surface area (Å²) in [6.07, 6.45) is -0.0653. The second kappa shape index (κ2) is 9.20. The lowest BCUT2D eigenvalue weighted by Gasteiger charge is -2.18.